The minimum Gasteiger partial charge on any atom is -0.461 e. The molecule has 0 fully saturated rings. The van der Waals surface area contributed by atoms with E-state index in [1.54, 1.807) is 12.1 Å². The zero-order chi connectivity index (χ0) is 14.2. The molecule has 0 saturated carbocycles. The molecule has 0 spiro atoms. The van der Waals surface area contributed by atoms with Gasteiger partial charge in [-0.15, -0.1) is 0 Å². The highest BCUT2D eigenvalue weighted by atomic mass is 16.6. The second kappa shape index (κ2) is 4.76. The molecule has 2 aromatic rings. The van der Waals surface area contributed by atoms with Crippen molar-refractivity contribution in [2.24, 2.45) is 0 Å². The third kappa shape index (κ3) is 2.45. The lowest BCUT2D eigenvalue weighted by Crippen LogP contribution is -1.94. The van der Waals surface area contributed by atoms with Gasteiger partial charge in [-0.1, -0.05) is 13.8 Å². The van der Waals surface area contributed by atoms with Crippen LogP contribution >= 0.6 is 0 Å². The van der Waals surface area contributed by atoms with Crippen LogP contribution in [0.15, 0.2) is 28.7 Å². The number of rotatable bonds is 3. The molecule has 1 heterocycles. The number of hydrogen-bond donors (Lipinski definition) is 1. The van der Waals surface area contributed by atoms with Gasteiger partial charge in [0.15, 0.2) is 0 Å². The summed E-state index contributed by atoms with van der Waals surface area (Å²) in [4.78, 5) is 10.6. The molecule has 2 rings (SSSR count). The Morgan fingerprint density at radius 1 is 1.32 bits per heavy atom. The highest BCUT2D eigenvalue weighted by molar-refractivity contribution is 5.73. The molecule has 2 N–H and O–H groups in total. The van der Waals surface area contributed by atoms with E-state index in [2.05, 4.69) is 13.8 Å². The number of benzene rings is 1. The molecule has 0 saturated heterocycles. The first-order valence-electron chi connectivity index (χ1n) is 6.04. The molecule has 100 valence electrons. The molecular formula is C14H16N2O3. The van der Waals surface area contributed by atoms with Crippen LogP contribution in [0.2, 0.25) is 0 Å². The minimum absolute atomic E-state index is 0.0379. The fourth-order valence-electron chi connectivity index (χ4n) is 2.11. The standard InChI is InChI=1S/C14H16N2O3/c1-8(2)12-7-14(19-9(12)3)11-5-4-10(15)6-13(11)16(17)18/h4-8H,15H2,1-3H3. The largest absolute Gasteiger partial charge is 0.461 e. The number of nitrogen functional groups attached to an aromatic ring is 1. The molecular weight excluding hydrogens is 244 g/mol. The average molecular weight is 260 g/mol. The van der Waals surface area contributed by atoms with Crippen LogP contribution in [0, 0.1) is 17.0 Å². The number of nitrogens with zero attached hydrogens (tertiary/aromatic N) is 1. The summed E-state index contributed by atoms with van der Waals surface area (Å²) in [5, 5.41) is 11.1. The van der Waals surface area contributed by atoms with Gasteiger partial charge in [0.2, 0.25) is 0 Å². The summed E-state index contributed by atoms with van der Waals surface area (Å²) in [6, 6.07) is 6.46. The number of anilines is 1. The van der Waals surface area contributed by atoms with Crippen LogP contribution in [0.5, 0.6) is 0 Å². The summed E-state index contributed by atoms with van der Waals surface area (Å²) in [5.74, 6) is 1.61. The number of furan rings is 1. The highest BCUT2D eigenvalue weighted by Gasteiger charge is 2.20. The van der Waals surface area contributed by atoms with Crippen LogP contribution in [0.25, 0.3) is 11.3 Å². The molecule has 1 aromatic carbocycles. The summed E-state index contributed by atoms with van der Waals surface area (Å²) >= 11 is 0. The Kier molecular flexibility index (Phi) is 3.29. The second-order valence-corrected chi connectivity index (χ2v) is 4.81. The van der Waals surface area contributed by atoms with Crippen LogP contribution in [0.3, 0.4) is 0 Å². The first-order chi connectivity index (χ1) is 8.90. The second-order valence-electron chi connectivity index (χ2n) is 4.81. The third-order valence-corrected chi connectivity index (χ3v) is 3.06. The molecule has 19 heavy (non-hydrogen) atoms. The molecule has 1 aromatic heterocycles. The minimum atomic E-state index is -0.446. The summed E-state index contributed by atoms with van der Waals surface area (Å²) in [5.41, 5.74) is 7.43. The van der Waals surface area contributed by atoms with Crippen molar-refractivity contribution in [2.45, 2.75) is 26.7 Å². The maximum Gasteiger partial charge on any atom is 0.282 e. The molecule has 0 aliphatic heterocycles. The predicted octanol–water partition coefficient (Wildman–Crippen LogP) is 3.87. The smallest absolute Gasteiger partial charge is 0.282 e. The van der Waals surface area contributed by atoms with E-state index >= 15 is 0 Å². The number of nitro groups is 1. The molecule has 0 amide bonds. The Morgan fingerprint density at radius 2 is 2.00 bits per heavy atom. The third-order valence-electron chi connectivity index (χ3n) is 3.06. The van der Waals surface area contributed by atoms with Crippen LogP contribution in [-0.4, -0.2) is 4.92 Å². The molecule has 5 nitrogen and oxygen atoms in total. The van der Waals surface area contributed by atoms with Crippen molar-refractivity contribution in [3.05, 3.63) is 45.7 Å². The van der Waals surface area contributed by atoms with Crippen LogP contribution in [0.4, 0.5) is 11.4 Å². The van der Waals surface area contributed by atoms with E-state index in [1.165, 1.54) is 6.07 Å². The molecule has 0 radical (unpaired) electrons. The topological polar surface area (TPSA) is 82.3 Å². The van der Waals surface area contributed by atoms with Crippen LogP contribution < -0.4 is 5.73 Å². The van der Waals surface area contributed by atoms with E-state index in [9.17, 15) is 10.1 Å². The van der Waals surface area contributed by atoms with E-state index in [0.29, 0.717) is 22.9 Å². The Hall–Kier alpha value is -2.30. The Labute approximate surface area is 111 Å². The lowest BCUT2D eigenvalue weighted by Gasteiger charge is -2.01. The van der Waals surface area contributed by atoms with Gasteiger partial charge in [-0.05, 0) is 36.6 Å². The van der Waals surface area contributed by atoms with E-state index < -0.39 is 4.92 Å². The monoisotopic (exact) mass is 260 g/mol. The summed E-state index contributed by atoms with van der Waals surface area (Å²) in [7, 11) is 0. The number of hydrogen-bond acceptors (Lipinski definition) is 4. The quantitative estimate of drug-likeness (QED) is 0.516. The van der Waals surface area contributed by atoms with Gasteiger partial charge in [0, 0.05) is 11.8 Å². The summed E-state index contributed by atoms with van der Waals surface area (Å²) in [6.07, 6.45) is 0. The van der Waals surface area contributed by atoms with Crippen molar-refractivity contribution in [2.75, 3.05) is 5.73 Å². The van der Waals surface area contributed by atoms with Crippen molar-refractivity contribution in [1.29, 1.82) is 0 Å². The maximum atomic E-state index is 11.1. The zero-order valence-corrected chi connectivity index (χ0v) is 11.1. The summed E-state index contributed by atoms with van der Waals surface area (Å²) < 4.78 is 5.65. The first kappa shape index (κ1) is 13.1. The summed E-state index contributed by atoms with van der Waals surface area (Å²) in [6.45, 7) is 5.97. The zero-order valence-electron chi connectivity index (χ0n) is 11.1. The van der Waals surface area contributed by atoms with Gasteiger partial charge in [0.1, 0.15) is 11.5 Å². The van der Waals surface area contributed by atoms with Gasteiger partial charge in [-0.2, -0.15) is 0 Å². The van der Waals surface area contributed by atoms with Crippen molar-refractivity contribution < 1.29 is 9.34 Å². The van der Waals surface area contributed by atoms with Gasteiger partial charge < -0.3 is 10.2 Å². The molecule has 0 unspecified atom stereocenters. The van der Waals surface area contributed by atoms with Crippen molar-refractivity contribution >= 4 is 11.4 Å². The van der Waals surface area contributed by atoms with E-state index in [1.807, 2.05) is 13.0 Å². The number of nitrogens with two attached hydrogens (primary N) is 1. The predicted molar refractivity (Wildman–Crippen MR) is 74.0 cm³/mol. The fourth-order valence-corrected chi connectivity index (χ4v) is 2.11. The van der Waals surface area contributed by atoms with Crippen LogP contribution in [0.1, 0.15) is 31.1 Å². The lowest BCUT2D eigenvalue weighted by molar-refractivity contribution is -0.384. The molecule has 5 heteroatoms. The normalized spacial score (nSPS) is 10.9. The van der Waals surface area contributed by atoms with E-state index in [0.717, 1.165) is 11.3 Å². The molecule has 0 aliphatic carbocycles. The Bertz CT molecular complexity index is 630. The number of aryl methyl sites for hydroxylation is 1. The molecule has 0 aliphatic rings. The van der Waals surface area contributed by atoms with Gasteiger partial charge in [-0.25, -0.2) is 0 Å². The lowest BCUT2D eigenvalue weighted by atomic mass is 10.0. The van der Waals surface area contributed by atoms with Gasteiger partial charge in [0.05, 0.1) is 10.5 Å². The Morgan fingerprint density at radius 3 is 2.53 bits per heavy atom. The average Bonchev–Trinajstić information content (AvgIpc) is 2.71. The SMILES string of the molecule is Cc1oc(-c2ccc(N)cc2[N+](=O)[O-])cc1C(C)C. The van der Waals surface area contributed by atoms with E-state index in [4.69, 9.17) is 10.2 Å². The van der Waals surface area contributed by atoms with E-state index in [-0.39, 0.29) is 5.69 Å². The van der Waals surface area contributed by atoms with Crippen molar-refractivity contribution in [1.82, 2.24) is 0 Å². The maximum absolute atomic E-state index is 11.1. The van der Waals surface area contributed by atoms with Gasteiger partial charge in [0.25, 0.3) is 5.69 Å². The number of nitro benzene ring substituents is 1. The van der Waals surface area contributed by atoms with Crippen molar-refractivity contribution in [3.63, 3.8) is 0 Å². The van der Waals surface area contributed by atoms with Crippen molar-refractivity contribution in [3.8, 4) is 11.3 Å². The molecule has 0 bridgehead atoms. The van der Waals surface area contributed by atoms with Gasteiger partial charge >= 0.3 is 0 Å². The highest BCUT2D eigenvalue weighted by Crippen LogP contribution is 2.35. The van der Waals surface area contributed by atoms with Gasteiger partial charge in [-0.3, -0.25) is 10.1 Å². The first-order valence-corrected chi connectivity index (χ1v) is 6.04. The molecule has 0 atom stereocenters. The fraction of sp³-hybridized carbons (Fsp3) is 0.286. The van der Waals surface area contributed by atoms with Crippen LogP contribution in [-0.2, 0) is 0 Å². The Balaban J connectivity index is 2.59.